The minimum atomic E-state index is 0.565. The molecule has 1 saturated carbocycles. The molecule has 0 radical (unpaired) electrons. The molecule has 3 unspecified atom stereocenters. The molecule has 19 heavy (non-hydrogen) atoms. The van der Waals surface area contributed by atoms with Gasteiger partial charge in [0, 0.05) is 24.0 Å². The lowest BCUT2D eigenvalue weighted by atomic mass is 9.78. The Balaban J connectivity index is 2.00. The number of thiophene rings is 1. The Morgan fingerprint density at radius 1 is 1.47 bits per heavy atom. The summed E-state index contributed by atoms with van der Waals surface area (Å²) in [7, 11) is 0. The molecule has 0 aromatic carbocycles. The highest BCUT2D eigenvalue weighted by atomic mass is 32.1. The number of rotatable bonds is 6. The van der Waals surface area contributed by atoms with Crippen LogP contribution in [0, 0.1) is 11.8 Å². The van der Waals surface area contributed by atoms with E-state index in [-0.39, 0.29) is 0 Å². The summed E-state index contributed by atoms with van der Waals surface area (Å²) >= 11 is 1.86. The molecule has 0 amide bonds. The van der Waals surface area contributed by atoms with Crippen LogP contribution in [0.3, 0.4) is 0 Å². The molecular weight excluding hydrogens is 252 g/mol. The minimum absolute atomic E-state index is 0.565. The largest absolute Gasteiger partial charge is 0.329 e. The van der Waals surface area contributed by atoms with Crippen molar-refractivity contribution in [3.63, 3.8) is 0 Å². The smallest absolute Gasteiger partial charge is 0.0331 e. The second-order valence-corrected chi connectivity index (χ2v) is 7.01. The van der Waals surface area contributed by atoms with Crippen LogP contribution in [-0.4, -0.2) is 24.0 Å². The molecule has 1 aliphatic carbocycles. The Bertz CT molecular complexity index is 350. The predicted octanol–water partition coefficient (Wildman–Crippen LogP) is 3.72. The Labute approximate surface area is 122 Å². The van der Waals surface area contributed by atoms with Crippen LogP contribution in [0.4, 0.5) is 0 Å². The third-order valence-corrected chi connectivity index (χ3v) is 5.44. The molecule has 0 saturated heterocycles. The maximum absolute atomic E-state index is 6.12. The molecule has 1 aromatic rings. The normalized spacial score (nSPS) is 25.7. The van der Waals surface area contributed by atoms with Gasteiger partial charge in [-0.2, -0.15) is 0 Å². The number of hydrogen-bond donors (Lipinski definition) is 1. The van der Waals surface area contributed by atoms with Gasteiger partial charge < -0.3 is 5.73 Å². The van der Waals surface area contributed by atoms with Gasteiger partial charge in [-0.1, -0.05) is 32.8 Å². The second kappa shape index (κ2) is 7.41. The first-order valence-corrected chi connectivity index (χ1v) is 8.59. The van der Waals surface area contributed by atoms with Gasteiger partial charge in [-0.25, -0.2) is 0 Å². The predicted molar refractivity (Wildman–Crippen MR) is 84.4 cm³/mol. The molecule has 0 bridgehead atoms. The molecule has 108 valence electrons. The zero-order valence-corrected chi connectivity index (χ0v) is 13.2. The first kappa shape index (κ1) is 15.0. The minimum Gasteiger partial charge on any atom is -0.329 e. The Hall–Kier alpha value is -0.380. The lowest BCUT2D eigenvalue weighted by molar-refractivity contribution is 0.107. The number of nitrogens with zero attached hydrogens (tertiary/aromatic N) is 1. The van der Waals surface area contributed by atoms with Crippen molar-refractivity contribution in [2.24, 2.45) is 17.6 Å². The standard InChI is InChI=1S/C16H28N2S/c1-3-18(12-15-8-5-9-19-15)16(11-17)14-7-4-6-13(2)10-14/h5,8-9,13-14,16H,3-4,6-7,10-12,17H2,1-2H3. The van der Waals surface area contributed by atoms with Crippen LogP contribution in [-0.2, 0) is 6.54 Å². The quantitative estimate of drug-likeness (QED) is 0.860. The van der Waals surface area contributed by atoms with Gasteiger partial charge in [-0.3, -0.25) is 4.90 Å². The lowest BCUT2D eigenvalue weighted by Crippen LogP contribution is -2.46. The fourth-order valence-corrected chi connectivity index (χ4v) is 4.27. The van der Waals surface area contributed by atoms with Crippen LogP contribution >= 0.6 is 11.3 Å². The van der Waals surface area contributed by atoms with E-state index in [0.29, 0.717) is 6.04 Å². The van der Waals surface area contributed by atoms with E-state index in [4.69, 9.17) is 5.73 Å². The highest BCUT2D eigenvalue weighted by Gasteiger charge is 2.29. The lowest BCUT2D eigenvalue weighted by Gasteiger charge is -2.39. The third-order valence-electron chi connectivity index (χ3n) is 4.58. The highest BCUT2D eigenvalue weighted by molar-refractivity contribution is 7.09. The van der Waals surface area contributed by atoms with E-state index < -0.39 is 0 Å². The van der Waals surface area contributed by atoms with E-state index in [1.807, 2.05) is 11.3 Å². The van der Waals surface area contributed by atoms with E-state index in [9.17, 15) is 0 Å². The van der Waals surface area contributed by atoms with Crippen molar-refractivity contribution in [3.8, 4) is 0 Å². The number of hydrogen-bond acceptors (Lipinski definition) is 3. The van der Waals surface area contributed by atoms with Gasteiger partial charge in [-0.05, 0) is 42.7 Å². The maximum atomic E-state index is 6.12. The zero-order chi connectivity index (χ0) is 13.7. The van der Waals surface area contributed by atoms with Crippen LogP contribution in [0.1, 0.15) is 44.4 Å². The summed E-state index contributed by atoms with van der Waals surface area (Å²) in [4.78, 5) is 4.05. The van der Waals surface area contributed by atoms with E-state index in [1.54, 1.807) is 0 Å². The second-order valence-electron chi connectivity index (χ2n) is 5.98. The van der Waals surface area contributed by atoms with Crippen molar-refractivity contribution in [2.45, 2.75) is 52.1 Å². The molecule has 2 nitrogen and oxygen atoms in total. The third kappa shape index (κ3) is 4.04. The molecule has 1 aliphatic rings. The van der Waals surface area contributed by atoms with Crippen molar-refractivity contribution in [1.29, 1.82) is 0 Å². The fraction of sp³-hybridized carbons (Fsp3) is 0.750. The molecule has 0 spiro atoms. The molecule has 3 atom stereocenters. The maximum Gasteiger partial charge on any atom is 0.0331 e. The van der Waals surface area contributed by atoms with Crippen molar-refractivity contribution in [1.82, 2.24) is 4.90 Å². The SMILES string of the molecule is CCN(Cc1cccs1)C(CN)C1CCCC(C)C1. The molecule has 3 heteroatoms. The first-order chi connectivity index (χ1) is 9.24. The Morgan fingerprint density at radius 3 is 2.89 bits per heavy atom. The van der Waals surface area contributed by atoms with Gasteiger partial charge in [0.2, 0.25) is 0 Å². The van der Waals surface area contributed by atoms with Crippen LogP contribution in [0.5, 0.6) is 0 Å². The van der Waals surface area contributed by atoms with Crippen LogP contribution in [0.2, 0.25) is 0 Å². The summed E-state index contributed by atoms with van der Waals surface area (Å²) in [6.45, 7) is 7.64. The Morgan fingerprint density at radius 2 is 2.32 bits per heavy atom. The van der Waals surface area contributed by atoms with Gasteiger partial charge >= 0.3 is 0 Å². The van der Waals surface area contributed by atoms with E-state index in [1.165, 1.54) is 30.6 Å². The van der Waals surface area contributed by atoms with E-state index >= 15 is 0 Å². The molecule has 1 heterocycles. The fourth-order valence-electron chi connectivity index (χ4n) is 3.54. The van der Waals surface area contributed by atoms with Crippen LogP contribution < -0.4 is 5.73 Å². The monoisotopic (exact) mass is 280 g/mol. The Kier molecular flexibility index (Phi) is 5.86. The first-order valence-electron chi connectivity index (χ1n) is 7.71. The number of likely N-dealkylation sites (N-methyl/N-ethyl adjacent to an activating group) is 1. The van der Waals surface area contributed by atoms with Crippen molar-refractivity contribution in [2.75, 3.05) is 13.1 Å². The summed E-state index contributed by atoms with van der Waals surface area (Å²) in [5.41, 5.74) is 6.12. The average Bonchev–Trinajstić information content (AvgIpc) is 2.91. The van der Waals surface area contributed by atoms with Gasteiger partial charge in [0.25, 0.3) is 0 Å². The summed E-state index contributed by atoms with van der Waals surface area (Å²) in [6.07, 6.45) is 5.53. The summed E-state index contributed by atoms with van der Waals surface area (Å²) in [6, 6.07) is 4.95. The van der Waals surface area contributed by atoms with Crippen molar-refractivity contribution >= 4 is 11.3 Å². The van der Waals surface area contributed by atoms with Crippen molar-refractivity contribution in [3.05, 3.63) is 22.4 Å². The molecular formula is C16H28N2S. The van der Waals surface area contributed by atoms with Gasteiger partial charge in [0.05, 0.1) is 0 Å². The summed E-state index contributed by atoms with van der Waals surface area (Å²) in [5, 5.41) is 2.17. The molecule has 1 aromatic heterocycles. The number of nitrogens with two attached hydrogens (primary N) is 1. The molecule has 0 aliphatic heterocycles. The van der Waals surface area contributed by atoms with Gasteiger partial charge in [-0.15, -0.1) is 11.3 Å². The van der Waals surface area contributed by atoms with Crippen LogP contribution in [0.15, 0.2) is 17.5 Å². The molecule has 1 fully saturated rings. The zero-order valence-electron chi connectivity index (χ0n) is 12.3. The molecule has 2 rings (SSSR count). The van der Waals surface area contributed by atoms with Crippen molar-refractivity contribution < 1.29 is 0 Å². The van der Waals surface area contributed by atoms with Crippen LogP contribution in [0.25, 0.3) is 0 Å². The van der Waals surface area contributed by atoms with E-state index in [2.05, 4.69) is 36.3 Å². The van der Waals surface area contributed by atoms with Gasteiger partial charge in [0.15, 0.2) is 0 Å². The van der Waals surface area contributed by atoms with E-state index in [0.717, 1.165) is 31.5 Å². The average molecular weight is 280 g/mol. The topological polar surface area (TPSA) is 29.3 Å². The summed E-state index contributed by atoms with van der Waals surface area (Å²) in [5.74, 6) is 1.68. The van der Waals surface area contributed by atoms with Gasteiger partial charge in [0.1, 0.15) is 0 Å². The highest BCUT2D eigenvalue weighted by Crippen LogP contribution is 2.33. The summed E-state index contributed by atoms with van der Waals surface area (Å²) < 4.78 is 0. The molecule has 2 N–H and O–H groups in total.